The molecule has 5 nitrogen and oxygen atoms in total. The lowest BCUT2D eigenvalue weighted by molar-refractivity contribution is -0.200. The Morgan fingerprint density at radius 2 is 2.00 bits per heavy atom. The van der Waals surface area contributed by atoms with Crippen LogP contribution in [-0.2, 0) is 14.3 Å². The third-order valence-corrected chi connectivity index (χ3v) is 1.63. The van der Waals surface area contributed by atoms with Gasteiger partial charge < -0.3 is 9.47 Å². The number of hydrogen-bond donors (Lipinski definition) is 0. The summed E-state index contributed by atoms with van der Waals surface area (Å²) in [6.45, 7) is 0.509. The minimum atomic E-state index is -5.14. The SMILES string of the molecule is Cc1cccc(OC(=O)COC(=O)C(F)(F)F)n1. The van der Waals surface area contributed by atoms with E-state index in [-0.39, 0.29) is 5.88 Å². The minimum Gasteiger partial charge on any atom is -0.447 e. The minimum absolute atomic E-state index is 0.0805. The van der Waals surface area contributed by atoms with Crippen molar-refractivity contribution in [3.8, 4) is 5.88 Å². The van der Waals surface area contributed by atoms with Crippen molar-refractivity contribution in [2.75, 3.05) is 6.61 Å². The molecule has 0 atom stereocenters. The number of carbonyl (C=O) groups excluding carboxylic acids is 2. The van der Waals surface area contributed by atoms with Gasteiger partial charge in [-0.15, -0.1) is 0 Å². The number of aryl methyl sites for hydroxylation is 1. The molecule has 0 N–H and O–H groups in total. The summed E-state index contributed by atoms with van der Waals surface area (Å²) < 4.78 is 43.5. The van der Waals surface area contributed by atoms with Crippen LogP contribution >= 0.6 is 0 Å². The fraction of sp³-hybridized carbons (Fsp3) is 0.300. The molecular formula is C10H8F3NO4. The molecule has 18 heavy (non-hydrogen) atoms. The summed E-state index contributed by atoms with van der Waals surface area (Å²) in [5, 5.41) is 0. The molecule has 1 rings (SSSR count). The van der Waals surface area contributed by atoms with Gasteiger partial charge in [-0.1, -0.05) is 6.07 Å². The first-order valence-corrected chi connectivity index (χ1v) is 4.67. The van der Waals surface area contributed by atoms with Gasteiger partial charge >= 0.3 is 18.1 Å². The number of ether oxygens (including phenoxy) is 2. The molecule has 0 saturated heterocycles. The molecule has 0 aromatic carbocycles. The maximum absolute atomic E-state index is 11.7. The number of nitrogens with zero attached hydrogens (tertiary/aromatic N) is 1. The summed E-state index contributed by atoms with van der Waals surface area (Å²) in [5.74, 6) is -3.68. The molecule has 1 aromatic rings. The molecule has 1 heterocycles. The lowest BCUT2D eigenvalue weighted by Crippen LogP contribution is -2.29. The zero-order valence-electron chi connectivity index (χ0n) is 9.15. The van der Waals surface area contributed by atoms with E-state index < -0.39 is 24.7 Å². The van der Waals surface area contributed by atoms with Gasteiger partial charge in [0.25, 0.3) is 0 Å². The predicted octanol–water partition coefficient (Wildman–Crippen LogP) is 1.40. The Kier molecular flexibility index (Phi) is 4.24. The fourth-order valence-corrected chi connectivity index (χ4v) is 0.927. The van der Waals surface area contributed by atoms with Crippen molar-refractivity contribution in [1.82, 2.24) is 4.98 Å². The molecule has 98 valence electrons. The van der Waals surface area contributed by atoms with Gasteiger partial charge in [0.15, 0.2) is 6.61 Å². The molecule has 1 aromatic heterocycles. The quantitative estimate of drug-likeness (QED) is 0.771. The highest BCUT2D eigenvalue weighted by Crippen LogP contribution is 2.16. The third-order valence-electron chi connectivity index (χ3n) is 1.63. The number of esters is 2. The first kappa shape index (κ1) is 13.9. The monoisotopic (exact) mass is 263 g/mol. The summed E-state index contributed by atoms with van der Waals surface area (Å²) in [4.78, 5) is 25.1. The molecule has 0 saturated carbocycles. The molecule has 0 aliphatic carbocycles. The molecule has 8 heteroatoms. The van der Waals surface area contributed by atoms with E-state index in [0.29, 0.717) is 5.69 Å². The summed E-state index contributed by atoms with van der Waals surface area (Å²) >= 11 is 0. The van der Waals surface area contributed by atoms with Gasteiger partial charge in [0, 0.05) is 11.8 Å². The van der Waals surface area contributed by atoms with Gasteiger partial charge in [0.2, 0.25) is 5.88 Å². The van der Waals surface area contributed by atoms with Crippen LogP contribution < -0.4 is 4.74 Å². The van der Waals surface area contributed by atoms with Crippen LogP contribution in [0.2, 0.25) is 0 Å². The van der Waals surface area contributed by atoms with E-state index in [1.54, 1.807) is 19.1 Å². The van der Waals surface area contributed by atoms with E-state index in [1.807, 2.05) is 0 Å². The molecular weight excluding hydrogens is 255 g/mol. The van der Waals surface area contributed by atoms with E-state index in [4.69, 9.17) is 0 Å². The second kappa shape index (κ2) is 5.48. The van der Waals surface area contributed by atoms with Crippen LogP contribution in [0.5, 0.6) is 5.88 Å². The molecule has 0 spiro atoms. The van der Waals surface area contributed by atoms with E-state index in [0.717, 1.165) is 0 Å². The first-order valence-electron chi connectivity index (χ1n) is 4.67. The molecule has 0 unspecified atom stereocenters. The van der Waals surface area contributed by atoms with Gasteiger partial charge in [0.05, 0.1) is 0 Å². The highest BCUT2D eigenvalue weighted by molar-refractivity contribution is 5.80. The lowest BCUT2D eigenvalue weighted by atomic mass is 10.4. The van der Waals surface area contributed by atoms with Crippen molar-refractivity contribution in [3.05, 3.63) is 23.9 Å². The van der Waals surface area contributed by atoms with Crippen molar-refractivity contribution >= 4 is 11.9 Å². The number of carbonyl (C=O) groups is 2. The number of hydrogen-bond acceptors (Lipinski definition) is 5. The second-order valence-corrected chi connectivity index (χ2v) is 3.17. The second-order valence-electron chi connectivity index (χ2n) is 3.17. The molecule has 0 aliphatic heterocycles. The average molecular weight is 263 g/mol. The zero-order chi connectivity index (χ0) is 13.8. The molecule has 0 aliphatic rings. The summed E-state index contributed by atoms with van der Waals surface area (Å²) in [5.41, 5.74) is 0.563. The highest BCUT2D eigenvalue weighted by atomic mass is 19.4. The van der Waals surface area contributed by atoms with E-state index in [9.17, 15) is 22.8 Å². The standard InChI is InChI=1S/C10H8F3NO4/c1-6-3-2-4-7(14-6)18-8(15)5-17-9(16)10(11,12)13/h2-4H,5H2,1H3. The Morgan fingerprint density at radius 1 is 1.33 bits per heavy atom. The molecule has 0 bridgehead atoms. The Bertz CT molecular complexity index is 459. The van der Waals surface area contributed by atoms with Crippen LogP contribution in [0.25, 0.3) is 0 Å². The number of pyridine rings is 1. The number of alkyl halides is 3. The Labute approximate surface area is 99.5 Å². The first-order chi connectivity index (χ1) is 8.29. The maximum Gasteiger partial charge on any atom is 0.490 e. The number of rotatable bonds is 3. The topological polar surface area (TPSA) is 65.5 Å². The van der Waals surface area contributed by atoms with Crippen LogP contribution in [0, 0.1) is 6.92 Å². The summed E-state index contributed by atoms with van der Waals surface area (Å²) in [6, 6.07) is 4.53. The average Bonchev–Trinajstić information content (AvgIpc) is 2.24. The number of aromatic nitrogens is 1. The van der Waals surface area contributed by atoms with Gasteiger partial charge in [-0.2, -0.15) is 13.2 Å². The summed E-state index contributed by atoms with van der Waals surface area (Å²) in [7, 11) is 0. The maximum atomic E-state index is 11.7. The number of halogens is 3. The zero-order valence-corrected chi connectivity index (χ0v) is 9.15. The van der Waals surface area contributed by atoms with Crippen molar-refractivity contribution in [2.24, 2.45) is 0 Å². The van der Waals surface area contributed by atoms with E-state index >= 15 is 0 Å². The Hall–Kier alpha value is -2.12. The van der Waals surface area contributed by atoms with Gasteiger partial charge in [-0.3, -0.25) is 0 Å². The van der Waals surface area contributed by atoms with Crippen LogP contribution in [0.15, 0.2) is 18.2 Å². The van der Waals surface area contributed by atoms with E-state index in [2.05, 4.69) is 14.5 Å². The Balaban J connectivity index is 2.46. The van der Waals surface area contributed by atoms with Gasteiger partial charge in [-0.25, -0.2) is 14.6 Å². The Morgan fingerprint density at radius 3 is 2.56 bits per heavy atom. The van der Waals surface area contributed by atoms with Crippen molar-refractivity contribution in [1.29, 1.82) is 0 Å². The van der Waals surface area contributed by atoms with Crippen molar-refractivity contribution < 1.29 is 32.2 Å². The summed E-state index contributed by atoms with van der Waals surface area (Å²) in [6.07, 6.45) is -5.14. The highest BCUT2D eigenvalue weighted by Gasteiger charge is 2.41. The van der Waals surface area contributed by atoms with Crippen molar-refractivity contribution in [2.45, 2.75) is 13.1 Å². The van der Waals surface area contributed by atoms with Crippen molar-refractivity contribution in [3.63, 3.8) is 0 Å². The van der Waals surface area contributed by atoms with Crippen LogP contribution in [0.3, 0.4) is 0 Å². The predicted molar refractivity (Wildman–Crippen MR) is 51.6 cm³/mol. The normalized spacial score (nSPS) is 10.9. The van der Waals surface area contributed by atoms with Crippen LogP contribution in [0.1, 0.15) is 5.69 Å². The fourth-order valence-electron chi connectivity index (χ4n) is 0.927. The largest absolute Gasteiger partial charge is 0.490 e. The molecule has 0 radical (unpaired) electrons. The van der Waals surface area contributed by atoms with E-state index in [1.165, 1.54) is 6.07 Å². The molecule has 0 amide bonds. The van der Waals surface area contributed by atoms with Crippen LogP contribution in [-0.4, -0.2) is 29.7 Å². The molecule has 0 fully saturated rings. The van der Waals surface area contributed by atoms with Crippen LogP contribution in [0.4, 0.5) is 13.2 Å². The van der Waals surface area contributed by atoms with Gasteiger partial charge in [-0.05, 0) is 13.0 Å². The third kappa shape index (κ3) is 4.40. The lowest BCUT2D eigenvalue weighted by Gasteiger charge is -2.07. The van der Waals surface area contributed by atoms with Gasteiger partial charge in [0.1, 0.15) is 0 Å². The smallest absolute Gasteiger partial charge is 0.447 e.